The number of nitrogens with zero attached hydrogens (tertiary/aromatic N) is 2. The lowest BCUT2D eigenvalue weighted by Gasteiger charge is -2.31. The third-order valence-electron chi connectivity index (χ3n) is 4.20. The van der Waals surface area contributed by atoms with Crippen LogP contribution in [0.5, 0.6) is 0 Å². The minimum Gasteiger partial charge on any atom is -0.326 e. The van der Waals surface area contributed by atoms with E-state index in [9.17, 15) is 4.79 Å². The van der Waals surface area contributed by atoms with Gasteiger partial charge in [-0.1, -0.05) is 0 Å². The van der Waals surface area contributed by atoms with Crippen molar-refractivity contribution in [3.05, 3.63) is 29.8 Å². The SMILES string of the molecule is CC1(C)CCCN1CCCC(=O)Nc1ccc(C#N)cc1. The van der Waals surface area contributed by atoms with Crippen LogP contribution in [0.25, 0.3) is 0 Å². The van der Waals surface area contributed by atoms with Crippen molar-refractivity contribution in [2.45, 2.75) is 45.1 Å². The van der Waals surface area contributed by atoms with E-state index in [-0.39, 0.29) is 11.4 Å². The largest absolute Gasteiger partial charge is 0.326 e. The molecule has 1 N–H and O–H groups in total. The quantitative estimate of drug-likeness (QED) is 0.904. The first kappa shape index (κ1) is 15.5. The predicted molar refractivity (Wildman–Crippen MR) is 83.9 cm³/mol. The van der Waals surface area contributed by atoms with E-state index in [0.29, 0.717) is 12.0 Å². The number of hydrogen-bond acceptors (Lipinski definition) is 3. The number of hydrogen-bond donors (Lipinski definition) is 1. The van der Waals surface area contributed by atoms with Crippen molar-refractivity contribution in [3.8, 4) is 6.07 Å². The third-order valence-corrected chi connectivity index (χ3v) is 4.20. The van der Waals surface area contributed by atoms with Crippen LogP contribution in [0.2, 0.25) is 0 Å². The van der Waals surface area contributed by atoms with Gasteiger partial charge in [0.25, 0.3) is 0 Å². The summed E-state index contributed by atoms with van der Waals surface area (Å²) in [5, 5.41) is 11.6. The second-order valence-electron chi connectivity index (χ2n) is 6.24. The molecule has 0 radical (unpaired) electrons. The van der Waals surface area contributed by atoms with Crippen molar-refractivity contribution in [3.63, 3.8) is 0 Å². The van der Waals surface area contributed by atoms with E-state index in [4.69, 9.17) is 5.26 Å². The van der Waals surface area contributed by atoms with Crippen LogP contribution < -0.4 is 5.32 Å². The highest BCUT2D eigenvalue weighted by Crippen LogP contribution is 2.28. The summed E-state index contributed by atoms with van der Waals surface area (Å²) < 4.78 is 0. The van der Waals surface area contributed by atoms with E-state index in [1.165, 1.54) is 12.8 Å². The Balaban J connectivity index is 1.73. The molecule has 1 aliphatic rings. The van der Waals surface area contributed by atoms with Crippen LogP contribution in [0.1, 0.15) is 45.1 Å². The van der Waals surface area contributed by atoms with Crippen molar-refractivity contribution in [1.82, 2.24) is 4.90 Å². The molecule has 0 aromatic heterocycles. The predicted octanol–water partition coefficient (Wildman–Crippen LogP) is 3.15. The fourth-order valence-corrected chi connectivity index (χ4v) is 2.86. The van der Waals surface area contributed by atoms with Gasteiger partial charge in [-0.05, 0) is 70.5 Å². The molecule has 1 aliphatic heterocycles. The molecule has 2 rings (SSSR count). The molecule has 21 heavy (non-hydrogen) atoms. The topological polar surface area (TPSA) is 56.1 Å². The van der Waals surface area contributed by atoms with Crippen LogP contribution in [0.3, 0.4) is 0 Å². The second kappa shape index (κ2) is 6.73. The molecule has 1 fully saturated rings. The van der Waals surface area contributed by atoms with Gasteiger partial charge in [-0.2, -0.15) is 5.26 Å². The van der Waals surface area contributed by atoms with Gasteiger partial charge in [0, 0.05) is 17.6 Å². The fourth-order valence-electron chi connectivity index (χ4n) is 2.86. The molecule has 0 unspecified atom stereocenters. The highest BCUT2D eigenvalue weighted by molar-refractivity contribution is 5.90. The monoisotopic (exact) mass is 285 g/mol. The number of amides is 1. The molecule has 0 saturated carbocycles. The third kappa shape index (κ3) is 4.30. The van der Waals surface area contributed by atoms with Gasteiger partial charge in [0.2, 0.25) is 5.91 Å². The van der Waals surface area contributed by atoms with E-state index in [1.807, 2.05) is 0 Å². The molecule has 1 aromatic rings. The molecule has 1 heterocycles. The number of carbonyl (C=O) groups excluding carboxylic acids is 1. The van der Waals surface area contributed by atoms with Gasteiger partial charge in [0.05, 0.1) is 11.6 Å². The van der Waals surface area contributed by atoms with Gasteiger partial charge in [0.1, 0.15) is 0 Å². The van der Waals surface area contributed by atoms with Crippen molar-refractivity contribution in [2.75, 3.05) is 18.4 Å². The zero-order valence-corrected chi connectivity index (χ0v) is 12.9. The molecule has 1 saturated heterocycles. The molecule has 1 aromatic carbocycles. The van der Waals surface area contributed by atoms with Gasteiger partial charge in [-0.3, -0.25) is 9.69 Å². The van der Waals surface area contributed by atoms with E-state index in [1.54, 1.807) is 24.3 Å². The summed E-state index contributed by atoms with van der Waals surface area (Å²) in [7, 11) is 0. The molecule has 4 nitrogen and oxygen atoms in total. The lowest BCUT2D eigenvalue weighted by Crippen LogP contribution is -2.38. The smallest absolute Gasteiger partial charge is 0.224 e. The molecule has 1 amide bonds. The van der Waals surface area contributed by atoms with Crippen molar-refractivity contribution in [1.29, 1.82) is 5.26 Å². The van der Waals surface area contributed by atoms with E-state index < -0.39 is 0 Å². The maximum atomic E-state index is 11.9. The summed E-state index contributed by atoms with van der Waals surface area (Å²) in [4.78, 5) is 14.4. The van der Waals surface area contributed by atoms with Crippen molar-refractivity contribution in [2.24, 2.45) is 0 Å². The minimum atomic E-state index is 0.0386. The Morgan fingerprint density at radius 3 is 2.67 bits per heavy atom. The van der Waals surface area contributed by atoms with Gasteiger partial charge in [-0.25, -0.2) is 0 Å². The summed E-state index contributed by atoms with van der Waals surface area (Å²) >= 11 is 0. The maximum absolute atomic E-state index is 11.9. The zero-order valence-electron chi connectivity index (χ0n) is 12.9. The average molecular weight is 285 g/mol. The highest BCUT2D eigenvalue weighted by Gasteiger charge is 2.30. The van der Waals surface area contributed by atoms with Gasteiger partial charge in [0.15, 0.2) is 0 Å². The van der Waals surface area contributed by atoms with Crippen LogP contribution in [0.4, 0.5) is 5.69 Å². The van der Waals surface area contributed by atoms with Crippen molar-refractivity contribution < 1.29 is 4.79 Å². The van der Waals surface area contributed by atoms with E-state index >= 15 is 0 Å². The van der Waals surface area contributed by atoms with Gasteiger partial charge < -0.3 is 5.32 Å². The molecular formula is C17H23N3O. The van der Waals surface area contributed by atoms with E-state index in [0.717, 1.165) is 25.2 Å². The molecule has 4 heteroatoms. The Bertz CT molecular complexity index is 528. The minimum absolute atomic E-state index is 0.0386. The highest BCUT2D eigenvalue weighted by atomic mass is 16.1. The summed E-state index contributed by atoms with van der Waals surface area (Å²) in [6.45, 7) is 6.67. The zero-order chi connectivity index (χ0) is 15.3. The van der Waals surface area contributed by atoms with E-state index in [2.05, 4.69) is 30.1 Å². The number of rotatable bonds is 5. The molecule has 0 bridgehead atoms. The van der Waals surface area contributed by atoms with Crippen LogP contribution in [0, 0.1) is 11.3 Å². The molecular weight excluding hydrogens is 262 g/mol. The second-order valence-corrected chi connectivity index (χ2v) is 6.24. The number of benzene rings is 1. The van der Waals surface area contributed by atoms with Crippen LogP contribution in [0.15, 0.2) is 24.3 Å². The Morgan fingerprint density at radius 1 is 1.38 bits per heavy atom. The normalized spacial score (nSPS) is 17.4. The number of likely N-dealkylation sites (tertiary alicyclic amines) is 1. The number of nitriles is 1. The number of carbonyl (C=O) groups is 1. The number of anilines is 1. The van der Waals surface area contributed by atoms with Crippen LogP contribution >= 0.6 is 0 Å². The average Bonchev–Trinajstić information content (AvgIpc) is 2.79. The lowest BCUT2D eigenvalue weighted by atomic mass is 10.0. The summed E-state index contributed by atoms with van der Waals surface area (Å²) in [5.41, 5.74) is 1.63. The maximum Gasteiger partial charge on any atom is 0.224 e. The van der Waals surface area contributed by atoms with Crippen LogP contribution in [-0.4, -0.2) is 29.4 Å². The first-order valence-electron chi connectivity index (χ1n) is 7.56. The van der Waals surface area contributed by atoms with Gasteiger partial charge in [-0.15, -0.1) is 0 Å². The Labute approximate surface area is 126 Å². The van der Waals surface area contributed by atoms with Gasteiger partial charge >= 0.3 is 0 Å². The Kier molecular flexibility index (Phi) is 4.98. The summed E-state index contributed by atoms with van der Waals surface area (Å²) in [6, 6.07) is 9.01. The van der Waals surface area contributed by atoms with Crippen LogP contribution in [-0.2, 0) is 4.79 Å². The van der Waals surface area contributed by atoms with Crippen molar-refractivity contribution >= 4 is 11.6 Å². The molecule has 0 aliphatic carbocycles. The summed E-state index contributed by atoms with van der Waals surface area (Å²) in [6.07, 6.45) is 3.91. The summed E-state index contributed by atoms with van der Waals surface area (Å²) in [5.74, 6) is 0.0386. The Hall–Kier alpha value is -1.86. The molecule has 112 valence electrons. The lowest BCUT2D eigenvalue weighted by molar-refractivity contribution is -0.116. The first-order chi connectivity index (χ1) is 10.0. The number of nitrogens with one attached hydrogen (secondary N) is 1. The molecule has 0 spiro atoms. The first-order valence-corrected chi connectivity index (χ1v) is 7.56. The fraction of sp³-hybridized carbons (Fsp3) is 0.529. The molecule has 0 atom stereocenters. The standard InChI is InChI=1S/C17H23N3O/c1-17(2)10-4-12-20(17)11-3-5-16(21)19-15-8-6-14(13-18)7-9-15/h6-9H,3-5,10-12H2,1-2H3,(H,19,21). The Morgan fingerprint density at radius 2 is 2.10 bits per heavy atom.